The van der Waals surface area contributed by atoms with Crippen LogP contribution in [0.25, 0.3) is 0 Å². The summed E-state index contributed by atoms with van der Waals surface area (Å²) in [5, 5.41) is 9.68. The SMILES string of the molecule is CCCC(O)CCCc1ccc(C(C)(C)C)cc1. The van der Waals surface area contributed by atoms with Crippen LogP contribution in [0.2, 0.25) is 0 Å². The average Bonchev–Trinajstić information content (AvgIpc) is 2.29. The number of hydrogen-bond donors (Lipinski definition) is 1. The molecule has 102 valence electrons. The van der Waals surface area contributed by atoms with E-state index in [9.17, 15) is 5.11 Å². The standard InChI is InChI=1S/C17H28O/c1-5-7-16(18)9-6-8-14-10-12-15(13-11-14)17(2,3)4/h10-13,16,18H,5-9H2,1-4H3. The predicted octanol–water partition coefficient (Wildman–Crippen LogP) is 4.47. The summed E-state index contributed by atoms with van der Waals surface area (Å²) in [4.78, 5) is 0. The fourth-order valence-corrected chi connectivity index (χ4v) is 2.19. The first kappa shape index (κ1) is 15.2. The van der Waals surface area contributed by atoms with Gasteiger partial charge in [0.1, 0.15) is 0 Å². The van der Waals surface area contributed by atoms with Crippen molar-refractivity contribution in [3.63, 3.8) is 0 Å². The summed E-state index contributed by atoms with van der Waals surface area (Å²) in [6.07, 6.45) is 4.98. The minimum absolute atomic E-state index is 0.108. The lowest BCUT2D eigenvalue weighted by molar-refractivity contribution is 0.151. The largest absolute Gasteiger partial charge is 0.393 e. The molecule has 1 atom stereocenters. The van der Waals surface area contributed by atoms with E-state index in [1.54, 1.807) is 0 Å². The lowest BCUT2D eigenvalue weighted by Crippen LogP contribution is -2.10. The molecule has 0 spiro atoms. The van der Waals surface area contributed by atoms with Crippen molar-refractivity contribution in [3.05, 3.63) is 35.4 Å². The summed E-state index contributed by atoms with van der Waals surface area (Å²) in [5.41, 5.74) is 3.00. The van der Waals surface area contributed by atoms with Crippen molar-refractivity contribution in [3.8, 4) is 0 Å². The first-order chi connectivity index (χ1) is 8.43. The highest BCUT2D eigenvalue weighted by Crippen LogP contribution is 2.22. The summed E-state index contributed by atoms with van der Waals surface area (Å²) >= 11 is 0. The van der Waals surface area contributed by atoms with Crippen LogP contribution in [0.3, 0.4) is 0 Å². The zero-order valence-corrected chi connectivity index (χ0v) is 12.4. The number of benzene rings is 1. The third-order valence-electron chi connectivity index (χ3n) is 3.44. The zero-order chi connectivity index (χ0) is 13.6. The molecule has 18 heavy (non-hydrogen) atoms. The van der Waals surface area contributed by atoms with Crippen LogP contribution in [0, 0.1) is 0 Å². The average molecular weight is 248 g/mol. The Bertz CT molecular complexity index is 332. The Balaban J connectivity index is 2.40. The third-order valence-corrected chi connectivity index (χ3v) is 3.44. The molecular weight excluding hydrogens is 220 g/mol. The fraction of sp³-hybridized carbons (Fsp3) is 0.647. The molecule has 0 heterocycles. The van der Waals surface area contributed by atoms with E-state index < -0.39 is 0 Å². The normalized spacial score (nSPS) is 13.6. The Morgan fingerprint density at radius 1 is 1.06 bits per heavy atom. The van der Waals surface area contributed by atoms with Gasteiger partial charge < -0.3 is 5.11 Å². The first-order valence-electron chi connectivity index (χ1n) is 7.21. The molecule has 0 saturated carbocycles. The zero-order valence-electron chi connectivity index (χ0n) is 12.4. The van der Waals surface area contributed by atoms with Gasteiger partial charge in [-0.2, -0.15) is 0 Å². The molecule has 0 aliphatic carbocycles. The van der Waals surface area contributed by atoms with E-state index in [4.69, 9.17) is 0 Å². The lowest BCUT2D eigenvalue weighted by atomic mass is 9.86. The molecule has 1 aromatic carbocycles. The van der Waals surface area contributed by atoms with Gasteiger partial charge in [-0.1, -0.05) is 58.4 Å². The van der Waals surface area contributed by atoms with E-state index in [0.29, 0.717) is 0 Å². The number of aliphatic hydroxyl groups is 1. The minimum Gasteiger partial charge on any atom is -0.393 e. The van der Waals surface area contributed by atoms with Gasteiger partial charge in [-0.25, -0.2) is 0 Å². The fourth-order valence-electron chi connectivity index (χ4n) is 2.19. The van der Waals surface area contributed by atoms with Gasteiger partial charge in [-0.15, -0.1) is 0 Å². The molecule has 1 heteroatoms. The number of rotatable bonds is 6. The van der Waals surface area contributed by atoms with Crippen LogP contribution in [0.5, 0.6) is 0 Å². The second-order valence-electron chi connectivity index (χ2n) is 6.28. The second-order valence-corrected chi connectivity index (χ2v) is 6.28. The Labute approximate surface area is 112 Å². The molecule has 0 saturated heterocycles. The highest BCUT2D eigenvalue weighted by atomic mass is 16.3. The van der Waals surface area contributed by atoms with Crippen LogP contribution in [-0.2, 0) is 11.8 Å². The second kappa shape index (κ2) is 6.94. The van der Waals surface area contributed by atoms with Crippen LogP contribution in [0.15, 0.2) is 24.3 Å². The van der Waals surface area contributed by atoms with Crippen LogP contribution in [0.1, 0.15) is 64.5 Å². The molecular formula is C17H28O. The van der Waals surface area contributed by atoms with Crippen LogP contribution >= 0.6 is 0 Å². The molecule has 0 fully saturated rings. The lowest BCUT2D eigenvalue weighted by Gasteiger charge is -2.19. The van der Waals surface area contributed by atoms with Gasteiger partial charge in [0.05, 0.1) is 6.10 Å². The summed E-state index contributed by atoms with van der Waals surface area (Å²) in [7, 11) is 0. The molecule has 0 aliphatic rings. The van der Waals surface area contributed by atoms with Crippen LogP contribution < -0.4 is 0 Å². The van der Waals surface area contributed by atoms with Gasteiger partial charge >= 0.3 is 0 Å². The van der Waals surface area contributed by atoms with Gasteiger partial charge in [-0.05, 0) is 42.2 Å². The molecule has 1 unspecified atom stereocenters. The highest BCUT2D eigenvalue weighted by molar-refractivity contribution is 5.27. The maximum atomic E-state index is 9.68. The van der Waals surface area contributed by atoms with Crippen molar-refractivity contribution in [1.29, 1.82) is 0 Å². The van der Waals surface area contributed by atoms with Crippen molar-refractivity contribution in [2.24, 2.45) is 0 Å². The van der Waals surface area contributed by atoms with Gasteiger partial charge in [0.15, 0.2) is 0 Å². The number of aryl methyl sites for hydroxylation is 1. The van der Waals surface area contributed by atoms with Gasteiger partial charge in [0, 0.05) is 0 Å². The van der Waals surface area contributed by atoms with Crippen molar-refractivity contribution in [2.75, 3.05) is 0 Å². The van der Waals surface area contributed by atoms with E-state index >= 15 is 0 Å². The highest BCUT2D eigenvalue weighted by Gasteiger charge is 2.12. The maximum Gasteiger partial charge on any atom is 0.0540 e. The first-order valence-corrected chi connectivity index (χ1v) is 7.21. The Morgan fingerprint density at radius 3 is 2.17 bits per heavy atom. The smallest absolute Gasteiger partial charge is 0.0540 e. The van der Waals surface area contributed by atoms with E-state index in [1.807, 2.05) is 0 Å². The minimum atomic E-state index is -0.108. The summed E-state index contributed by atoms with van der Waals surface area (Å²) < 4.78 is 0. The maximum absolute atomic E-state index is 9.68. The molecule has 0 bridgehead atoms. The monoisotopic (exact) mass is 248 g/mol. The van der Waals surface area contributed by atoms with E-state index in [0.717, 1.165) is 32.1 Å². The summed E-state index contributed by atoms with van der Waals surface area (Å²) in [5.74, 6) is 0. The van der Waals surface area contributed by atoms with Crippen molar-refractivity contribution < 1.29 is 5.11 Å². The summed E-state index contributed by atoms with van der Waals surface area (Å²) in [6, 6.07) is 8.93. The Hall–Kier alpha value is -0.820. The topological polar surface area (TPSA) is 20.2 Å². The Kier molecular flexibility index (Phi) is 5.87. The van der Waals surface area contributed by atoms with E-state index in [1.165, 1.54) is 11.1 Å². The molecule has 1 nitrogen and oxygen atoms in total. The molecule has 0 radical (unpaired) electrons. The number of aliphatic hydroxyl groups excluding tert-OH is 1. The third kappa shape index (κ3) is 5.22. The predicted molar refractivity (Wildman–Crippen MR) is 79.0 cm³/mol. The van der Waals surface area contributed by atoms with Crippen molar-refractivity contribution >= 4 is 0 Å². The van der Waals surface area contributed by atoms with Crippen molar-refractivity contribution in [1.82, 2.24) is 0 Å². The van der Waals surface area contributed by atoms with Crippen molar-refractivity contribution in [2.45, 2.75) is 71.3 Å². The van der Waals surface area contributed by atoms with Gasteiger partial charge in [-0.3, -0.25) is 0 Å². The number of hydrogen-bond acceptors (Lipinski definition) is 1. The molecule has 1 rings (SSSR count). The van der Waals surface area contributed by atoms with Crippen LogP contribution in [0.4, 0.5) is 0 Å². The van der Waals surface area contributed by atoms with Crippen LogP contribution in [-0.4, -0.2) is 11.2 Å². The van der Waals surface area contributed by atoms with E-state index in [2.05, 4.69) is 52.0 Å². The Morgan fingerprint density at radius 2 is 1.67 bits per heavy atom. The van der Waals surface area contributed by atoms with Gasteiger partial charge in [0.25, 0.3) is 0 Å². The molecule has 1 N–H and O–H groups in total. The molecule has 0 aliphatic heterocycles. The van der Waals surface area contributed by atoms with E-state index in [-0.39, 0.29) is 11.5 Å². The molecule has 1 aromatic rings. The molecule has 0 amide bonds. The van der Waals surface area contributed by atoms with Gasteiger partial charge in [0.2, 0.25) is 0 Å². The quantitative estimate of drug-likeness (QED) is 0.787. The summed E-state index contributed by atoms with van der Waals surface area (Å²) in [6.45, 7) is 8.84. The molecule has 0 aromatic heterocycles.